The summed E-state index contributed by atoms with van der Waals surface area (Å²) in [4.78, 5) is 21.1. The standard InChI is InChI=1S/C29H32N4O3S/c1-20-9-13-24(14-10-20)33-28(30-27-8-6-5-7-26(27)29(33)34)23(4)31-17-18-32(22(3)19-31)37(35,36)25-15-11-21(2)12-16-25/h5-16,22-23H,17-19H2,1-4H3. The number of aryl methyl sites for hydroxylation is 2. The number of rotatable bonds is 5. The predicted molar refractivity (Wildman–Crippen MR) is 147 cm³/mol. The zero-order valence-corrected chi connectivity index (χ0v) is 22.4. The van der Waals surface area contributed by atoms with Gasteiger partial charge in [-0.15, -0.1) is 0 Å². The fourth-order valence-corrected chi connectivity index (χ4v) is 6.67. The van der Waals surface area contributed by atoms with Gasteiger partial charge in [0.25, 0.3) is 5.56 Å². The van der Waals surface area contributed by atoms with Gasteiger partial charge in [0.1, 0.15) is 5.82 Å². The summed E-state index contributed by atoms with van der Waals surface area (Å²) >= 11 is 0. The second-order valence-electron chi connectivity index (χ2n) is 9.91. The fraction of sp³-hybridized carbons (Fsp3) is 0.310. The Hall–Kier alpha value is -3.33. The molecular formula is C29H32N4O3S. The Morgan fingerprint density at radius 3 is 2.16 bits per heavy atom. The van der Waals surface area contributed by atoms with Crippen molar-refractivity contribution in [1.82, 2.24) is 18.8 Å². The molecule has 0 aliphatic carbocycles. The third-order valence-electron chi connectivity index (χ3n) is 7.24. The van der Waals surface area contributed by atoms with E-state index in [0.29, 0.717) is 41.3 Å². The van der Waals surface area contributed by atoms with E-state index in [2.05, 4.69) is 4.90 Å². The molecule has 2 unspecified atom stereocenters. The monoisotopic (exact) mass is 516 g/mol. The number of sulfonamides is 1. The second kappa shape index (κ2) is 9.85. The van der Waals surface area contributed by atoms with Crippen LogP contribution in [0, 0.1) is 13.8 Å². The maximum absolute atomic E-state index is 13.7. The molecule has 0 bridgehead atoms. The minimum absolute atomic E-state index is 0.107. The van der Waals surface area contributed by atoms with E-state index in [0.717, 1.165) is 16.8 Å². The van der Waals surface area contributed by atoms with Crippen LogP contribution in [0.1, 0.15) is 36.8 Å². The summed E-state index contributed by atoms with van der Waals surface area (Å²) in [6.45, 7) is 9.36. The molecule has 5 rings (SSSR count). The summed E-state index contributed by atoms with van der Waals surface area (Å²) in [5.41, 5.74) is 3.45. The zero-order chi connectivity index (χ0) is 26.3. The topological polar surface area (TPSA) is 75.5 Å². The maximum atomic E-state index is 13.7. The van der Waals surface area contributed by atoms with Crippen molar-refractivity contribution < 1.29 is 8.42 Å². The first-order valence-electron chi connectivity index (χ1n) is 12.6. The number of hydrogen-bond acceptors (Lipinski definition) is 5. The van der Waals surface area contributed by atoms with Gasteiger partial charge in [0.2, 0.25) is 10.0 Å². The molecule has 1 fully saturated rings. The van der Waals surface area contributed by atoms with Crippen LogP contribution in [0.4, 0.5) is 0 Å². The molecule has 0 radical (unpaired) electrons. The van der Waals surface area contributed by atoms with E-state index in [1.54, 1.807) is 27.1 Å². The Bertz CT molecular complexity index is 1600. The van der Waals surface area contributed by atoms with E-state index in [-0.39, 0.29) is 17.6 Å². The molecule has 37 heavy (non-hydrogen) atoms. The van der Waals surface area contributed by atoms with Gasteiger partial charge in [-0.2, -0.15) is 4.31 Å². The lowest BCUT2D eigenvalue weighted by molar-refractivity contribution is 0.104. The van der Waals surface area contributed by atoms with Crippen molar-refractivity contribution in [3.63, 3.8) is 0 Å². The van der Waals surface area contributed by atoms with Crippen molar-refractivity contribution in [2.75, 3.05) is 19.6 Å². The normalized spacial score (nSPS) is 18.2. The number of para-hydroxylation sites is 1. The number of hydrogen-bond donors (Lipinski definition) is 0. The summed E-state index contributed by atoms with van der Waals surface area (Å²) in [7, 11) is -3.60. The molecule has 0 amide bonds. The highest BCUT2D eigenvalue weighted by Gasteiger charge is 2.36. The van der Waals surface area contributed by atoms with E-state index in [9.17, 15) is 13.2 Å². The van der Waals surface area contributed by atoms with E-state index in [1.807, 2.05) is 82.3 Å². The average Bonchev–Trinajstić information content (AvgIpc) is 2.89. The smallest absolute Gasteiger partial charge is 0.266 e. The Morgan fingerprint density at radius 2 is 1.51 bits per heavy atom. The largest absolute Gasteiger partial charge is 0.291 e. The first-order chi connectivity index (χ1) is 17.7. The molecule has 1 aromatic heterocycles. The van der Waals surface area contributed by atoms with Crippen LogP contribution in [0.25, 0.3) is 16.6 Å². The van der Waals surface area contributed by atoms with Crippen molar-refractivity contribution in [2.24, 2.45) is 0 Å². The third-order valence-corrected chi connectivity index (χ3v) is 9.27. The lowest BCUT2D eigenvalue weighted by Gasteiger charge is -2.41. The number of fused-ring (bicyclic) bond motifs is 1. The molecule has 8 heteroatoms. The van der Waals surface area contributed by atoms with Gasteiger partial charge in [0.15, 0.2) is 0 Å². The highest BCUT2D eigenvalue weighted by molar-refractivity contribution is 7.89. The quantitative estimate of drug-likeness (QED) is 0.392. The van der Waals surface area contributed by atoms with Gasteiger partial charge in [0, 0.05) is 25.7 Å². The van der Waals surface area contributed by atoms with E-state index >= 15 is 0 Å². The molecule has 1 aliphatic rings. The molecule has 0 spiro atoms. The van der Waals surface area contributed by atoms with Crippen molar-refractivity contribution in [1.29, 1.82) is 0 Å². The lowest BCUT2D eigenvalue weighted by atomic mass is 10.1. The zero-order valence-electron chi connectivity index (χ0n) is 21.6. The first kappa shape index (κ1) is 25.3. The predicted octanol–water partition coefficient (Wildman–Crippen LogP) is 4.46. The maximum Gasteiger partial charge on any atom is 0.266 e. The van der Waals surface area contributed by atoms with Gasteiger partial charge >= 0.3 is 0 Å². The molecule has 2 heterocycles. The Balaban J connectivity index is 1.49. The number of nitrogens with zero attached hydrogens (tertiary/aromatic N) is 4. The van der Waals surface area contributed by atoms with E-state index in [1.165, 1.54) is 0 Å². The van der Waals surface area contributed by atoms with Crippen LogP contribution in [0.5, 0.6) is 0 Å². The van der Waals surface area contributed by atoms with Gasteiger partial charge in [-0.1, -0.05) is 47.5 Å². The van der Waals surface area contributed by atoms with Crippen molar-refractivity contribution in [2.45, 2.75) is 44.7 Å². The highest BCUT2D eigenvalue weighted by Crippen LogP contribution is 2.28. The molecular weight excluding hydrogens is 484 g/mol. The Morgan fingerprint density at radius 1 is 0.892 bits per heavy atom. The molecule has 2 atom stereocenters. The summed E-state index contributed by atoms with van der Waals surface area (Å²) in [5, 5.41) is 0.571. The molecule has 0 saturated carbocycles. The number of piperazine rings is 1. The van der Waals surface area contributed by atoms with Gasteiger partial charge in [-0.25, -0.2) is 13.4 Å². The van der Waals surface area contributed by atoms with E-state index in [4.69, 9.17) is 4.98 Å². The van der Waals surface area contributed by atoms with Crippen molar-refractivity contribution >= 4 is 20.9 Å². The fourth-order valence-electron chi connectivity index (χ4n) is 5.06. The Kier molecular flexibility index (Phi) is 6.74. The van der Waals surface area contributed by atoms with Crippen LogP contribution in [0.3, 0.4) is 0 Å². The summed E-state index contributed by atoms with van der Waals surface area (Å²) in [5.74, 6) is 0.648. The first-order valence-corrected chi connectivity index (χ1v) is 14.0. The molecule has 4 aromatic rings. The van der Waals surface area contributed by atoms with Gasteiger partial charge in [-0.05, 0) is 64.1 Å². The molecule has 1 aliphatic heterocycles. The van der Waals surface area contributed by atoms with Crippen LogP contribution in [0.2, 0.25) is 0 Å². The van der Waals surface area contributed by atoms with E-state index < -0.39 is 10.0 Å². The number of benzene rings is 3. The SMILES string of the molecule is Cc1ccc(-n2c(C(C)N3CCN(S(=O)(=O)c4ccc(C)cc4)C(C)C3)nc3ccccc3c2=O)cc1. The van der Waals surface area contributed by atoms with Gasteiger partial charge in [-0.3, -0.25) is 14.3 Å². The number of aromatic nitrogens is 2. The summed E-state index contributed by atoms with van der Waals surface area (Å²) in [6.07, 6.45) is 0. The van der Waals surface area contributed by atoms with Crippen LogP contribution in [0.15, 0.2) is 82.5 Å². The molecule has 0 N–H and O–H groups in total. The van der Waals surface area contributed by atoms with Gasteiger partial charge < -0.3 is 0 Å². The highest BCUT2D eigenvalue weighted by atomic mass is 32.2. The average molecular weight is 517 g/mol. The molecule has 1 saturated heterocycles. The lowest BCUT2D eigenvalue weighted by Crippen LogP contribution is -2.54. The minimum atomic E-state index is -3.60. The minimum Gasteiger partial charge on any atom is -0.291 e. The van der Waals surface area contributed by atoms with Crippen molar-refractivity contribution in [3.8, 4) is 5.69 Å². The van der Waals surface area contributed by atoms with Crippen LogP contribution in [-0.2, 0) is 10.0 Å². The summed E-state index contributed by atoms with van der Waals surface area (Å²) < 4.78 is 30.0. The second-order valence-corrected chi connectivity index (χ2v) is 11.8. The summed E-state index contributed by atoms with van der Waals surface area (Å²) in [6, 6.07) is 21.8. The molecule has 192 valence electrons. The van der Waals surface area contributed by atoms with Crippen LogP contribution >= 0.6 is 0 Å². The third kappa shape index (κ3) is 4.72. The van der Waals surface area contributed by atoms with Gasteiger partial charge in [0.05, 0.1) is 27.5 Å². The van der Waals surface area contributed by atoms with Crippen LogP contribution < -0.4 is 5.56 Å². The Labute approximate surface area is 218 Å². The molecule has 3 aromatic carbocycles. The van der Waals surface area contributed by atoms with Crippen LogP contribution in [-0.4, -0.2) is 52.9 Å². The molecule has 7 nitrogen and oxygen atoms in total. The van der Waals surface area contributed by atoms with Crippen molar-refractivity contribution in [3.05, 3.63) is 100 Å².